The lowest BCUT2D eigenvalue weighted by molar-refractivity contribution is 0.0926. The fourth-order valence-corrected chi connectivity index (χ4v) is 4.02. The minimum absolute atomic E-state index is 0.281. The SMILES string of the molecule is N#Cc1cc(Br)cc(I)c1N1C(=O)c2ccccc2C1=O. The summed E-state index contributed by atoms with van der Waals surface area (Å²) in [6, 6.07) is 12.1. The largest absolute Gasteiger partial charge is 0.268 e. The number of anilines is 1. The molecule has 0 aromatic heterocycles. The molecule has 2 aromatic carbocycles. The highest BCUT2D eigenvalue weighted by molar-refractivity contribution is 14.1. The number of carbonyl (C=O) groups excluding carboxylic acids is 2. The van der Waals surface area contributed by atoms with Crippen LogP contribution in [0.25, 0.3) is 0 Å². The first-order valence-corrected chi connectivity index (χ1v) is 7.78. The van der Waals surface area contributed by atoms with Crippen LogP contribution in [0.5, 0.6) is 0 Å². The second-order valence-electron chi connectivity index (χ2n) is 4.39. The molecule has 2 aromatic rings. The average molecular weight is 453 g/mol. The molecular weight excluding hydrogens is 447 g/mol. The van der Waals surface area contributed by atoms with E-state index in [9.17, 15) is 14.9 Å². The van der Waals surface area contributed by atoms with Gasteiger partial charge >= 0.3 is 0 Å². The summed E-state index contributed by atoms with van der Waals surface area (Å²) in [5.41, 5.74) is 1.35. The van der Waals surface area contributed by atoms with Crippen molar-refractivity contribution in [3.8, 4) is 6.07 Å². The Morgan fingerprint density at radius 1 is 1.10 bits per heavy atom. The van der Waals surface area contributed by atoms with E-state index < -0.39 is 11.8 Å². The number of halogens is 2. The van der Waals surface area contributed by atoms with Crippen molar-refractivity contribution in [3.63, 3.8) is 0 Å². The van der Waals surface area contributed by atoms with Gasteiger partial charge in [0.1, 0.15) is 6.07 Å². The number of fused-ring (bicyclic) bond motifs is 1. The number of carbonyl (C=O) groups is 2. The maximum atomic E-state index is 12.5. The van der Waals surface area contributed by atoms with Crippen LogP contribution < -0.4 is 4.90 Å². The minimum Gasteiger partial charge on any atom is -0.268 e. The zero-order valence-corrected chi connectivity index (χ0v) is 14.2. The van der Waals surface area contributed by atoms with Gasteiger partial charge in [0.2, 0.25) is 0 Å². The smallest absolute Gasteiger partial charge is 0.266 e. The molecule has 0 saturated heterocycles. The molecule has 102 valence electrons. The quantitative estimate of drug-likeness (QED) is 0.489. The maximum absolute atomic E-state index is 12.5. The average Bonchev–Trinajstić information content (AvgIpc) is 2.71. The third-order valence-corrected chi connectivity index (χ3v) is 4.45. The number of rotatable bonds is 1. The lowest BCUT2D eigenvalue weighted by Gasteiger charge is -2.17. The van der Waals surface area contributed by atoms with E-state index in [4.69, 9.17) is 0 Å². The van der Waals surface area contributed by atoms with Crippen LogP contribution in [-0.4, -0.2) is 11.8 Å². The molecule has 3 rings (SSSR count). The zero-order chi connectivity index (χ0) is 15.1. The van der Waals surface area contributed by atoms with Crippen molar-refractivity contribution in [2.75, 3.05) is 4.90 Å². The van der Waals surface area contributed by atoms with Gasteiger partial charge in [0.15, 0.2) is 0 Å². The van der Waals surface area contributed by atoms with Crippen molar-refractivity contribution in [3.05, 3.63) is 61.1 Å². The van der Waals surface area contributed by atoms with Crippen LogP contribution in [0.1, 0.15) is 26.3 Å². The number of nitriles is 1. The van der Waals surface area contributed by atoms with E-state index in [0.717, 1.165) is 9.37 Å². The van der Waals surface area contributed by atoms with E-state index >= 15 is 0 Å². The summed E-state index contributed by atoms with van der Waals surface area (Å²) in [4.78, 5) is 26.1. The Morgan fingerprint density at radius 2 is 1.67 bits per heavy atom. The molecular formula is C15H6BrIN2O2. The summed E-state index contributed by atoms with van der Waals surface area (Å²) in [6.07, 6.45) is 0. The van der Waals surface area contributed by atoms with Crippen LogP contribution in [0.2, 0.25) is 0 Å². The van der Waals surface area contributed by atoms with E-state index in [1.54, 1.807) is 36.4 Å². The van der Waals surface area contributed by atoms with Crippen LogP contribution >= 0.6 is 38.5 Å². The first-order chi connectivity index (χ1) is 10.0. The molecule has 0 radical (unpaired) electrons. The molecule has 4 nitrogen and oxygen atoms in total. The lowest BCUT2D eigenvalue weighted by atomic mass is 10.1. The molecule has 0 bridgehead atoms. The van der Waals surface area contributed by atoms with E-state index in [0.29, 0.717) is 20.4 Å². The molecule has 0 fully saturated rings. The number of nitrogens with zero attached hydrogens (tertiary/aromatic N) is 2. The Bertz CT molecular complexity index is 807. The number of imide groups is 1. The first kappa shape index (κ1) is 14.2. The van der Waals surface area contributed by atoms with E-state index in [2.05, 4.69) is 15.9 Å². The van der Waals surface area contributed by atoms with Crippen LogP contribution in [-0.2, 0) is 0 Å². The number of hydrogen-bond donors (Lipinski definition) is 0. The van der Waals surface area contributed by atoms with Crippen molar-refractivity contribution in [2.24, 2.45) is 0 Å². The van der Waals surface area contributed by atoms with E-state index in [1.165, 1.54) is 0 Å². The van der Waals surface area contributed by atoms with Gasteiger partial charge in [0, 0.05) is 8.04 Å². The first-order valence-electron chi connectivity index (χ1n) is 5.91. The zero-order valence-electron chi connectivity index (χ0n) is 10.4. The highest BCUT2D eigenvalue weighted by atomic mass is 127. The second-order valence-corrected chi connectivity index (χ2v) is 6.46. The third-order valence-electron chi connectivity index (χ3n) is 3.17. The molecule has 0 atom stereocenters. The lowest BCUT2D eigenvalue weighted by Crippen LogP contribution is -2.31. The van der Waals surface area contributed by atoms with Gasteiger partial charge in [0.25, 0.3) is 11.8 Å². The molecule has 21 heavy (non-hydrogen) atoms. The van der Waals surface area contributed by atoms with Crippen molar-refractivity contribution in [2.45, 2.75) is 0 Å². The van der Waals surface area contributed by atoms with Gasteiger partial charge in [-0.05, 0) is 46.9 Å². The maximum Gasteiger partial charge on any atom is 0.266 e. The van der Waals surface area contributed by atoms with Crippen LogP contribution in [0.4, 0.5) is 5.69 Å². The molecule has 6 heteroatoms. The fourth-order valence-electron chi connectivity index (χ4n) is 2.27. The van der Waals surface area contributed by atoms with E-state index in [1.807, 2.05) is 28.7 Å². The van der Waals surface area contributed by atoms with Gasteiger partial charge in [-0.1, -0.05) is 28.1 Å². The number of hydrogen-bond acceptors (Lipinski definition) is 3. The summed E-state index contributed by atoms with van der Waals surface area (Å²) in [7, 11) is 0. The van der Waals surface area contributed by atoms with Crippen molar-refractivity contribution < 1.29 is 9.59 Å². The van der Waals surface area contributed by atoms with Crippen molar-refractivity contribution in [1.82, 2.24) is 0 Å². The van der Waals surface area contributed by atoms with Crippen molar-refractivity contribution >= 4 is 56.0 Å². The Hall–Kier alpha value is -1.72. The standard InChI is InChI=1S/C15H6BrIN2O2/c16-9-5-8(7-18)13(12(17)6-9)19-14(20)10-3-1-2-4-11(10)15(19)21/h1-6H. The molecule has 2 amide bonds. The highest BCUT2D eigenvalue weighted by Crippen LogP contribution is 2.35. The topological polar surface area (TPSA) is 61.2 Å². The summed E-state index contributed by atoms with van der Waals surface area (Å²) in [5.74, 6) is -0.792. The molecule has 0 unspecified atom stereocenters. The Morgan fingerprint density at radius 3 is 2.19 bits per heavy atom. The third kappa shape index (κ3) is 2.17. The van der Waals surface area contributed by atoms with Gasteiger partial charge in [-0.25, -0.2) is 4.90 Å². The predicted molar refractivity (Wildman–Crippen MR) is 89.2 cm³/mol. The van der Waals surface area contributed by atoms with Crippen LogP contribution in [0, 0.1) is 14.9 Å². The molecule has 1 aliphatic heterocycles. The van der Waals surface area contributed by atoms with Crippen molar-refractivity contribution in [1.29, 1.82) is 5.26 Å². The van der Waals surface area contributed by atoms with Gasteiger partial charge in [-0.15, -0.1) is 0 Å². The highest BCUT2D eigenvalue weighted by Gasteiger charge is 2.38. The summed E-state index contributed by atoms with van der Waals surface area (Å²) >= 11 is 5.33. The second kappa shape index (κ2) is 5.24. The predicted octanol–water partition coefficient (Wildman–Crippen LogP) is 3.73. The molecule has 0 N–H and O–H groups in total. The Kier molecular flexibility index (Phi) is 3.55. The normalized spacial score (nSPS) is 13.3. The molecule has 0 spiro atoms. The monoisotopic (exact) mass is 452 g/mol. The summed E-state index contributed by atoms with van der Waals surface area (Å²) in [6.45, 7) is 0. The molecule has 1 heterocycles. The number of amides is 2. The minimum atomic E-state index is -0.396. The van der Waals surface area contributed by atoms with Gasteiger partial charge < -0.3 is 0 Å². The van der Waals surface area contributed by atoms with Gasteiger partial charge in [-0.3, -0.25) is 9.59 Å². The van der Waals surface area contributed by atoms with E-state index in [-0.39, 0.29) is 5.56 Å². The summed E-state index contributed by atoms with van der Waals surface area (Å²) in [5, 5.41) is 9.29. The van der Waals surface area contributed by atoms with Gasteiger partial charge in [0.05, 0.1) is 22.4 Å². The molecule has 0 aliphatic carbocycles. The Labute approximate surface area is 142 Å². The van der Waals surface area contributed by atoms with Crippen LogP contribution in [0.3, 0.4) is 0 Å². The molecule has 1 aliphatic rings. The van der Waals surface area contributed by atoms with Gasteiger partial charge in [-0.2, -0.15) is 5.26 Å². The fraction of sp³-hybridized carbons (Fsp3) is 0. The van der Waals surface area contributed by atoms with Crippen LogP contribution in [0.15, 0.2) is 40.9 Å². The number of benzene rings is 2. The summed E-state index contributed by atoms with van der Waals surface area (Å²) < 4.78 is 1.39. The molecule has 0 saturated carbocycles. The Balaban J connectivity index is 2.23.